The second kappa shape index (κ2) is 7.31. The second-order valence-corrected chi connectivity index (χ2v) is 5.63. The first-order valence-corrected chi connectivity index (χ1v) is 7.44. The summed E-state index contributed by atoms with van der Waals surface area (Å²) < 4.78 is 12.7. The maximum absolute atomic E-state index is 12.7. The highest BCUT2D eigenvalue weighted by Gasteiger charge is 2.05. The van der Waals surface area contributed by atoms with Crippen molar-refractivity contribution in [1.82, 2.24) is 0 Å². The van der Waals surface area contributed by atoms with E-state index in [0.717, 1.165) is 4.90 Å². The van der Waals surface area contributed by atoms with Gasteiger partial charge in [0.15, 0.2) is 0 Å². The van der Waals surface area contributed by atoms with Gasteiger partial charge in [-0.3, -0.25) is 4.79 Å². The lowest BCUT2D eigenvalue weighted by atomic mass is 10.3. The molecule has 0 spiro atoms. The van der Waals surface area contributed by atoms with Crippen molar-refractivity contribution in [3.8, 4) is 0 Å². The lowest BCUT2D eigenvalue weighted by molar-refractivity contribution is -0.115. The molecule has 0 aliphatic rings. The van der Waals surface area contributed by atoms with Gasteiger partial charge < -0.3 is 5.32 Å². The fourth-order valence-electron chi connectivity index (χ4n) is 1.57. The standard InChI is InChI=1S/C15H13ClFNOS/c16-13-3-1-2-4-14(13)20-10-9-15(19)18-12-7-5-11(17)6-8-12/h1-8H,9-10H2,(H,18,19). The average Bonchev–Trinajstić information content (AvgIpc) is 2.43. The molecule has 0 heterocycles. The van der Waals surface area contributed by atoms with Crippen LogP contribution in [-0.2, 0) is 4.79 Å². The zero-order chi connectivity index (χ0) is 14.4. The number of carbonyl (C=O) groups excluding carboxylic acids is 1. The minimum atomic E-state index is -0.322. The van der Waals surface area contributed by atoms with Gasteiger partial charge in [-0.05, 0) is 36.4 Å². The van der Waals surface area contributed by atoms with Crippen LogP contribution in [0.25, 0.3) is 0 Å². The van der Waals surface area contributed by atoms with Gasteiger partial charge in [-0.2, -0.15) is 0 Å². The molecule has 2 rings (SSSR count). The largest absolute Gasteiger partial charge is 0.326 e. The van der Waals surface area contributed by atoms with Crippen LogP contribution in [0.2, 0.25) is 5.02 Å². The Bertz CT molecular complexity index is 589. The second-order valence-electron chi connectivity index (χ2n) is 4.08. The number of amides is 1. The Kier molecular flexibility index (Phi) is 5.44. The summed E-state index contributed by atoms with van der Waals surface area (Å²) in [4.78, 5) is 12.7. The molecular weight excluding hydrogens is 297 g/mol. The SMILES string of the molecule is O=C(CCSc1ccccc1Cl)Nc1ccc(F)cc1. The van der Waals surface area contributed by atoms with Crippen LogP contribution in [0.15, 0.2) is 53.4 Å². The Morgan fingerprint density at radius 1 is 1.15 bits per heavy atom. The fourth-order valence-corrected chi connectivity index (χ4v) is 2.76. The number of nitrogens with one attached hydrogen (secondary N) is 1. The molecule has 2 nitrogen and oxygen atoms in total. The highest BCUT2D eigenvalue weighted by molar-refractivity contribution is 7.99. The molecule has 0 unspecified atom stereocenters. The van der Waals surface area contributed by atoms with Crippen molar-refractivity contribution >= 4 is 35.0 Å². The molecule has 0 aliphatic carbocycles. The summed E-state index contributed by atoms with van der Waals surface area (Å²) in [5, 5.41) is 3.41. The lowest BCUT2D eigenvalue weighted by Crippen LogP contribution is -2.12. The predicted molar refractivity (Wildman–Crippen MR) is 81.8 cm³/mol. The number of rotatable bonds is 5. The van der Waals surface area contributed by atoms with Crippen molar-refractivity contribution in [2.45, 2.75) is 11.3 Å². The van der Waals surface area contributed by atoms with Crippen molar-refractivity contribution in [3.05, 3.63) is 59.4 Å². The highest BCUT2D eigenvalue weighted by Crippen LogP contribution is 2.26. The molecule has 0 aliphatic heterocycles. The highest BCUT2D eigenvalue weighted by atomic mass is 35.5. The Balaban J connectivity index is 1.78. The zero-order valence-electron chi connectivity index (χ0n) is 10.6. The van der Waals surface area contributed by atoms with Crippen LogP contribution in [0.1, 0.15) is 6.42 Å². The molecule has 1 N–H and O–H groups in total. The number of carbonyl (C=O) groups is 1. The van der Waals surface area contributed by atoms with Crippen LogP contribution in [0.3, 0.4) is 0 Å². The summed E-state index contributed by atoms with van der Waals surface area (Å²) in [6, 6.07) is 13.2. The third-order valence-corrected chi connectivity index (χ3v) is 4.07. The Morgan fingerprint density at radius 2 is 1.85 bits per heavy atom. The van der Waals surface area contributed by atoms with Gasteiger partial charge in [-0.15, -0.1) is 11.8 Å². The van der Waals surface area contributed by atoms with E-state index in [1.54, 1.807) is 0 Å². The molecule has 2 aromatic carbocycles. The van der Waals surface area contributed by atoms with Crippen molar-refractivity contribution in [3.63, 3.8) is 0 Å². The van der Waals surface area contributed by atoms with Crippen LogP contribution < -0.4 is 5.32 Å². The van der Waals surface area contributed by atoms with Gasteiger partial charge in [-0.1, -0.05) is 23.7 Å². The number of hydrogen-bond donors (Lipinski definition) is 1. The Hall–Kier alpha value is -1.52. The van der Waals surface area contributed by atoms with E-state index in [2.05, 4.69) is 5.32 Å². The Morgan fingerprint density at radius 3 is 2.55 bits per heavy atom. The van der Waals surface area contributed by atoms with E-state index in [0.29, 0.717) is 22.9 Å². The van der Waals surface area contributed by atoms with Crippen LogP contribution in [0.4, 0.5) is 10.1 Å². The van der Waals surface area contributed by atoms with E-state index in [1.807, 2.05) is 24.3 Å². The summed E-state index contributed by atoms with van der Waals surface area (Å²) in [5.41, 5.74) is 0.596. The number of halogens is 2. The Labute approximate surface area is 126 Å². The number of thioether (sulfide) groups is 1. The molecule has 0 aromatic heterocycles. The van der Waals surface area contributed by atoms with Gasteiger partial charge in [0.05, 0.1) is 5.02 Å². The summed E-state index contributed by atoms with van der Waals surface area (Å²) in [6.45, 7) is 0. The van der Waals surface area contributed by atoms with Crippen LogP contribution in [0, 0.1) is 5.82 Å². The van der Waals surface area contributed by atoms with Gasteiger partial charge in [-0.25, -0.2) is 4.39 Å². The van der Waals surface area contributed by atoms with Crippen molar-refractivity contribution in [1.29, 1.82) is 0 Å². The van der Waals surface area contributed by atoms with Gasteiger partial charge in [0.25, 0.3) is 0 Å². The van der Waals surface area contributed by atoms with E-state index in [9.17, 15) is 9.18 Å². The molecule has 0 radical (unpaired) electrons. The smallest absolute Gasteiger partial charge is 0.225 e. The number of benzene rings is 2. The zero-order valence-corrected chi connectivity index (χ0v) is 12.2. The lowest BCUT2D eigenvalue weighted by Gasteiger charge is -2.06. The summed E-state index contributed by atoms with van der Waals surface area (Å²) in [7, 11) is 0. The molecule has 5 heteroatoms. The molecule has 20 heavy (non-hydrogen) atoms. The number of anilines is 1. The van der Waals surface area contributed by atoms with E-state index in [4.69, 9.17) is 11.6 Å². The minimum Gasteiger partial charge on any atom is -0.326 e. The van der Waals surface area contributed by atoms with E-state index in [1.165, 1.54) is 36.0 Å². The minimum absolute atomic E-state index is 0.101. The van der Waals surface area contributed by atoms with Gasteiger partial charge in [0.2, 0.25) is 5.91 Å². The molecule has 2 aromatic rings. The van der Waals surface area contributed by atoms with Crippen molar-refractivity contribution < 1.29 is 9.18 Å². The van der Waals surface area contributed by atoms with Crippen LogP contribution >= 0.6 is 23.4 Å². The average molecular weight is 310 g/mol. The van der Waals surface area contributed by atoms with Crippen molar-refractivity contribution in [2.24, 2.45) is 0 Å². The molecular formula is C15H13ClFNOS. The first kappa shape index (κ1) is 14.9. The normalized spacial score (nSPS) is 10.3. The fraction of sp³-hybridized carbons (Fsp3) is 0.133. The van der Waals surface area contributed by atoms with Gasteiger partial charge >= 0.3 is 0 Å². The molecule has 0 bridgehead atoms. The molecule has 1 amide bonds. The molecule has 0 saturated carbocycles. The van der Waals surface area contributed by atoms with Gasteiger partial charge in [0.1, 0.15) is 5.82 Å². The van der Waals surface area contributed by atoms with Crippen LogP contribution in [-0.4, -0.2) is 11.7 Å². The molecule has 0 atom stereocenters. The maximum atomic E-state index is 12.7. The molecule has 104 valence electrons. The predicted octanol–water partition coefficient (Wildman–Crippen LogP) is 4.60. The van der Waals surface area contributed by atoms with Gasteiger partial charge in [0, 0.05) is 22.8 Å². The summed E-state index contributed by atoms with van der Waals surface area (Å²) >= 11 is 7.56. The van der Waals surface area contributed by atoms with E-state index >= 15 is 0 Å². The molecule has 0 saturated heterocycles. The first-order valence-electron chi connectivity index (χ1n) is 6.08. The third-order valence-electron chi connectivity index (χ3n) is 2.55. The summed E-state index contributed by atoms with van der Waals surface area (Å²) in [6.07, 6.45) is 0.368. The maximum Gasteiger partial charge on any atom is 0.225 e. The monoisotopic (exact) mass is 309 g/mol. The van der Waals surface area contributed by atoms with E-state index in [-0.39, 0.29) is 11.7 Å². The van der Waals surface area contributed by atoms with E-state index < -0.39 is 0 Å². The quantitative estimate of drug-likeness (QED) is 0.818. The first-order chi connectivity index (χ1) is 9.65. The summed E-state index contributed by atoms with van der Waals surface area (Å²) in [5.74, 6) is 0.213. The topological polar surface area (TPSA) is 29.1 Å². The number of hydrogen-bond acceptors (Lipinski definition) is 2. The van der Waals surface area contributed by atoms with Crippen molar-refractivity contribution in [2.75, 3.05) is 11.1 Å². The molecule has 0 fully saturated rings. The van der Waals surface area contributed by atoms with Crippen LogP contribution in [0.5, 0.6) is 0 Å². The third kappa shape index (κ3) is 4.54.